The second kappa shape index (κ2) is 16.5. The topological polar surface area (TPSA) is 18.5 Å². The van der Waals surface area contributed by atoms with Crippen LogP contribution >= 0.6 is 0 Å². The zero-order valence-corrected chi connectivity index (χ0v) is 28.0. The van der Waals surface area contributed by atoms with Gasteiger partial charge in [0.2, 0.25) is 0 Å². The van der Waals surface area contributed by atoms with E-state index in [0.717, 1.165) is 47.9 Å². The van der Waals surface area contributed by atoms with Gasteiger partial charge in [0, 0.05) is 22.3 Å². The predicted octanol–water partition coefficient (Wildman–Crippen LogP) is 5.76. The first-order valence-electron chi connectivity index (χ1n) is 14.3. The molecule has 0 saturated carbocycles. The highest BCUT2D eigenvalue weighted by molar-refractivity contribution is 6.48. The molecule has 4 heteroatoms. The summed E-state index contributed by atoms with van der Waals surface area (Å²) in [6.07, 6.45) is 10.8. The van der Waals surface area contributed by atoms with Crippen molar-refractivity contribution < 1.29 is 8.85 Å². The molecule has 3 aromatic rings. The van der Waals surface area contributed by atoms with Crippen LogP contribution in [0.25, 0.3) is 0 Å². The molecule has 2 nitrogen and oxygen atoms in total. The minimum Gasteiger partial charge on any atom is -0.413 e. The molecule has 0 bridgehead atoms. The summed E-state index contributed by atoms with van der Waals surface area (Å²) < 4.78 is 12.9. The molecule has 0 aromatic heterocycles. The average molecular weight is 587 g/mol. The Morgan fingerprint density at radius 3 is 1.21 bits per heavy atom. The van der Waals surface area contributed by atoms with Crippen LogP contribution in [0.3, 0.4) is 0 Å². The molecular formula is C38H42O2Si2. The van der Waals surface area contributed by atoms with Crippen molar-refractivity contribution in [2.45, 2.75) is 50.7 Å². The van der Waals surface area contributed by atoms with Crippen molar-refractivity contribution in [1.82, 2.24) is 0 Å². The Bertz CT molecular complexity index is 1360. The lowest BCUT2D eigenvalue weighted by Crippen LogP contribution is -2.34. The average Bonchev–Trinajstić information content (AvgIpc) is 2.99. The molecule has 0 aliphatic heterocycles. The Morgan fingerprint density at radius 2 is 0.881 bits per heavy atom. The van der Waals surface area contributed by atoms with Crippen LogP contribution in [0.5, 0.6) is 0 Å². The van der Waals surface area contributed by atoms with Gasteiger partial charge in [0.15, 0.2) is 19.5 Å². The molecule has 3 aromatic carbocycles. The fourth-order valence-corrected chi connectivity index (χ4v) is 7.25. The summed E-state index contributed by atoms with van der Waals surface area (Å²) in [6, 6.07) is 24.7. The molecule has 0 aliphatic carbocycles. The van der Waals surface area contributed by atoms with Crippen molar-refractivity contribution in [3.63, 3.8) is 0 Å². The second-order valence-electron chi connectivity index (χ2n) is 10.8. The molecule has 0 amide bonds. The Kier molecular flexibility index (Phi) is 12.8. The Balaban J connectivity index is 1.71. The van der Waals surface area contributed by atoms with Gasteiger partial charge in [-0.05, 0) is 86.3 Å². The lowest BCUT2D eigenvalue weighted by atomic mass is 9.99. The van der Waals surface area contributed by atoms with E-state index in [1.807, 2.05) is 60.7 Å². The Labute approximate surface area is 258 Å². The minimum absolute atomic E-state index is 0.263. The summed E-state index contributed by atoms with van der Waals surface area (Å²) in [5, 5.41) is 2.40. The summed E-state index contributed by atoms with van der Waals surface area (Å²) in [5.74, 6) is 13.4. The SMILES string of the molecule is C=CCC(C)(CC=C)O[SiH2]c1ccccc1C#Cc1ccc(C#Cc2ccccc2[SiH2]OC(C)(CC=C)CC=C)cc1. The van der Waals surface area contributed by atoms with E-state index >= 15 is 0 Å². The largest absolute Gasteiger partial charge is 0.413 e. The number of benzene rings is 3. The first-order chi connectivity index (χ1) is 20.3. The second-order valence-corrected chi connectivity index (χ2v) is 13.5. The van der Waals surface area contributed by atoms with Crippen LogP contribution < -0.4 is 10.4 Å². The van der Waals surface area contributed by atoms with Gasteiger partial charge in [-0.25, -0.2) is 0 Å². The van der Waals surface area contributed by atoms with Crippen LogP contribution in [0.4, 0.5) is 0 Å². The normalized spacial score (nSPS) is 11.5. The van der Waals surface area contributed by atoms with Crippen LogP contribution in [0, 0.1) is 23.7 Å². The molecule has 0 spiro atoms. The van der Waals surface area contributed by atoms with Crippen molar-refractivity contribution >= 4 is 29.9 Å². The summed E-state index contributed by atoms with van der Waals surface area (Å²) in [6.45, 7) is 19.8. The molecule has 0 unspecified atom stereocenters. The summed E-state index contributed by atoms with van der Waals surface area (Å²) in [4.78, 5) is 0. The minimum atomic E-state index is -0.977. The molecule has 214 valence electrons. The lowest BCUT2D eigenvalue weighted by Gasteiger charge is -2.28. The molecule has 0 N–H and O–H groups in total. The van der Waals surface area contributed by atoms with Gasteiger partial charge >= 0.3 is 0 Å². The molecule has 0 heterocycles. The van der Waals surface area contributed by atoms with Crippen LogP contribution in [0.2, 0.25) is 0 Å². The third kappa shape index (κ3) is 10.2. The predicted molar refractivity (Wildman–Crippen MR) is 186 cm³/mol. The van der Waals surface area contributed by atoms with Crippen LogP contribution in [-0.2, 0) is 8.85 Å². The molecular weight excluding hydrogens is 545 g/mol. The number of hydrogen-bond acceptors (Lipinski definition) is 2. The highest BCUT2D eigenvalue weighted by atomic mass is 28.2. The van der Waals surface area contributed by atoms with E-state index in [0.29, 0.717) is 0 Å². The molecule has 0 atom stereocenters. The lowest BCUT2D eigenvalue weighted by molar-refractivity contribution is 0.104. The van der Waals surface area contributed by atoms with Crippen LogP contribution in [0.1, 0.15) is 61.8 Å². The van der Waals surface area contributed by atoms with E-state index in [9.17, 15) is 0 Å². The first kappa shape index (κ1) is 32.6. The number of hydrogen-bond donors (Lipinski definition) is 0. The van der Waals surface area contributed by atoms with Gasteiger partial charge < -0.3 is 8.85 Å². The highest BCUT2D eigenvalue weighted by Gasteiger charge is 2.23. The first-order valence-corrected chi connectivity index (χ1v) is 16.9. The van der Waals surface area contributed by atoms with Gasteiger partial charge in [0.05, 0.1) is 11.2 Å². The van der Waals surface area contributed by atoms with Gasteiger partial charge in [0.1, 0.15) is 0 Å². The van der Waals surface area contributed by atoms with E-state index in [1.54, 1.807) is 0 Å². The van der Waals surface area contributed by atoms with E-state index in [4.69, 9.17) is 8.85 Å². The van der Waals surface area contributed by atoms with Gasteiger partial charge in [-0.15, -0.1) is 26.3 Å². The van der Waals surface area contributed by atoms with Crippen molar-refractivity contribution in [2.24, 2.45) is 0 Å². The quantitative estimate of drug-likeness (QED) is 0.136. The zero-order chi connectivity index (χ0) is 30.3. The van der Waals surface area contributed by atoms with Crippen LogP contribution in [0.15, 0.2) is 123 Å². The maximum absolute atomic E-state index is 6.43. The summed E-state index contributed by atoms with van der Waals surface area (Å²) in [5.41, 5.74) is 3.42. The Hall–Kier alpha value is -3.91. The van der Waals surface area contributed by atoms with Gasteiger partial charge in [-0.1, -0.05) is 84.4 Å². The zero-order valence-electron chi connectivity index (χ0n) is 25.1. The van der Waals surface area contributed by atoms with Gasteiger partial charge in [0.25, 0.3) is 0 Å². The molecule has 0 radical (unpaired) electrons. The maximum Gasteiger partial charge on any atom is 0.194 e. The van der Waals surface area contributed by atoms with Crippen molar-refractivity contribution in [3.05, 3.63) is 146 Å². The molecule has 42 heavy (non-hydrogen) atoms. The van der Waals surface area contributed by atoms with E-state index in [1.165, 1.54) is 10.4 Å². The molecule has 0 aliphatic rings. The smallest absolute Gasteiger partial charge is 0.194 e. The van der Waals surface area contributed by atoms with E-state index in [2.05, 4.69) is 100 Å². The molecule has 0 fully saturated rings. The molecule has 3 rings (SSSR count). The fraction of sp³-hybridized carbons (Fsp3) is 0.211. The van der Waals surface area contributed by atoms with Gasteiger partial charge in [-0.2, -0.15) is 0 Å². The maximum atomic E-state index is 6.43. The van der Waals surface area contributed by atoms with Crippen molar-refractivity contribution in [2.75, 3.05) is 0 Å². The monoisotopic (exact) mass is 586 g/mol. The summed E-state index contributed by atoms with van der Waals surface area (Å²) >= 11 is 0. The number of rotatable bonds is 14. The van der Waals surface area contributed by atoms with E-state index < -0.39 is 19.5 Å². The van der Waals surface area contributed by atoms with Gasteiger partial charge in [-0.3, -0.25) is 0 Å². The Morgan fingerprint density at radius 1 is 0.548 bits per heavy atom. The fourth-order valence-electron chi connectivity index (χ4n) is 4.58. The summed E-state index contributed by atoms with van der Waals surface area (Å²) in [7, 11) is -1.95. The molecule has 0 saturated heterocycles. The van der Waals surface area contributed by atoms with Crippen molar-refractivity contribution in [1.29, 1.82) is 0 Å². The standard InChI is InChI=1S/C38H42O2Si2/c1-7-27-37(5,28-8-2)39-41-35-17-13-11-15-33(35)25-23-31-19-21-32(22-20-31)24-26-34-16-12-14-18-36(34)42-40-38(6,29-9-3)30-10-4/h7-22H,1-4,27-30,41-42H2,5-6H3. The van der Waals surface area contributed by atoms with Crippen molar-refractivity contribution in [3.8, 4) is 23.7 Å². The third-order valence-electron chi connectivity index (χ3n) is 7.06. The van der Waals surface area contributed by atoms with E-state index in [-0.39, 0.29) is 11.2 Å². The highest BCUT2D eigenvalue weighted by Crippen LogP contribution is 2.21. The van der Waals surface area contributed by atoms with Crippen LogP contribution in [-0.4, -0.2) is 30.7 Å². The third-order valence-corrected chi connectivity index (χ3v) is 10.6.